The van der Waals surface area contributed by atoms with Crippen LogP contribution in [0.15, 0.2) is 48.5 Å². The highest BCUT2D eigenvalue weighted by Crippen LogP contribution is 2.20. The number of carbonyl (C=O) groups excluding carboxylic acids is 2. The molecule has 2 amide bonds. The zero-order valence-corrected chi connectivity index (χ0v) is 17.1. The monoisotopic (exact) mass is 391 g/mol. The number of amides is 2. The number of nitrogens with zero attached hydrogens (tertiary/aromatic N) is 2. The van der Waals surface area contributed by atoms with Crippen molar-refractivity contribution in [1.82, 2.24) is 10.2 Å². The van der Waals surface area contributed by atoms with Gasteiger partial charge in [0.2, 0.25) is 0 Å². The molecule has 1 N–H and O–H groups in total. The number of aryl methyl sites for hydroxylation is 1. The van der Waals surface area contributed by atoms with Crippen molar-refractivity contribution in [3.63, 3.8) is 0 Å². The smallest absolute Gasteiger partial charge is 0.253 e. The molecule has 1 aliphatic carbocycles. The maximum absolute atomic E-state index is 13.0. The van der Waals surface area contributed by atoms with Crippen molar-refractivity contribution in [2.24, 2.45) is 0 Å². The lowest BCUT2D eigenvalue weighted by molar-refractivity contribution is 0.0747. The van der Waals surface area contributed by atoms with Gasteiger partial charge in [-0.1, -0.05) is 31.0 Å². The summed E-state index contributed by atoms with van der Waals surface area (Å²) >= 11 is 0. The molecule has 1 heterocycles. The summed E-state index contributed by atoms with van der Waals surface area (Å²) in [4.78, 5) is 29.7. The van der Waals surface area contributed by atoms with Gasteiger partial charge in [-0.05, 0) is 55.7 Å². The molecule has 4 rings (SSSR count). The number of rotatable bonds is 4. The first kappa shape index (κ1) is 19.5. The summed E-state index contributed by atoms with van der Waals surface area (Å²) in [5.74, 6) is -0.0692. The van der Waals surface area contributed by atoms with Gasteiger partial charge in [-0.25, -0.2) is 0 Å². The van der Waals surface area contributed by atoms with Crippen LogP contribution in [0.1, 0.15) is 52.0 Å². The number of nitrogens with one attached hydrogen (secondary N) is 1. The Balaban J connectivity index is 1.38. The van der Waals surface area contributed by atoms with E-state index in [0.29, 0.717) is 24.2 Å². The quantitative estimate of drug-likeness (QED) is 0.866. The van der Waals surface area contributed by atoms with E-state index in [9.17, 15) is 9.59 Å². The van der Waals surface area contributed by atoms with Crippen LogP contribution in [0.5, 0.6) is 0 Å². The van der Waals surface area contributed by atoms with Crippen molar-refractivity contribution in [3.8, 4) is 0 Å². The van der Waals surface area contributed by atoms with E-state index >= 15 is 0 Å². The van der Waals surface area contributed by atoms with Crippen LogP contribution >= 0.6 is 0 Å². The topological polar surface area (TPSA) is 52.7 Å². The molecule has 1 saturated heterocycles. The Morgan fingerprint density at radius 1 is 0.897 bits per heavy atom. The lowest BCUT2D eigenvalue weighted by atomic mass is 10.1. The van der Waals surface area contributed by atoms with Crippen LogP contribution in [-0.2, 0) is 0 Å². The fraction of sp³-hybridized carbons (Fsp3) is 0.417. The summed E-state index contributed by atoms with van der Waals surface area (Å²) in [5.41, 5.74) is 3.62. The highest BCUT2D eigenvalue weighted by Gasteiger charge is 2.23. The molecule has 2 aromatic carbocycles. The molecular weight excluding hydrogens is 362 g/mol. The normalized spacial score (nSPS) is 17.4. The Bertz CT molecular complexity index is 881. The van der Waals surface area contributed by atoms with E-state index in [1.54, 1.807) is 18.2 Å². The van der Waals surface area contributed by atoms with E-state index in [1.165, 1.54) is 24.1 Å². The molecule has 29 heavy (non-hydrogen) atoms. The molecule has 0 aromatic heterocycles. The van der Waals surface area contributed by atoms with Gasteiger partial charge in [0.05, 0.1) is 0 Å². The van der Waals surface area contributed by atoms with E-state index in [4.69, 9.17) is 0 Å². The first-order valence-electron chi connectivity index (χ1n) is 10.6. The van der Waals surface area contributed by atoms with E-state index in [0.717, 1.165) is 25.9 Å². The Hall–Kier alpha value is -2.82. The molecule has 1 saturated carbocycles. The van der Waals surface area contributed by atoms with Crippen molar-refractivity contribution >= 4 is 17.5 Å². The lowest BCUT2D eigenvalue weighted by Gasteiger charge is -2.36. The van der Waals surface area contributed by atoms with Crippen LogP contribution in [0, 0.1) is 6.92 Å². The van der Waals surface area contributed by atoms with Crippen molar-refractivity contribution in [2.45, 2.75) is 38.6 Å². The maximum atomic E-state index is 13.0. The number of benzene rings is 2. The summed E-state index contributed by atoms with van der Waals surface area (Å²) < 4.78 is 0. The van der Waals surface area contributed by atoms with Crippen molar-refractivity contribution in [2.75, 3.05) is 31.1 Å². The molecule has 5 heteroatoms. The minimum atomic E-state index is -0.0733. The SMILES string of the molecule is Cc1cccc(N2CCN(C(=O)c3cccc(C(=O)NC4CCCC4)c3)CC2)c1. The summed E-state index contributed by atoms with van der Waals surface area (Å²) in [5, 5.41) is 3.10. The van der Waals surface area contributed by atoms with Crippen LogP contribution < -0.4 is 10.2 Å². The van der Waals surface area contributed by atoms with E-state index in [1.807, 2.05) is 11.0 Å². The first-order valence-corrected chi connectivity index (χ1v) is 10.6. The summed E-state index contributed by atoms with van der Waals surface area (Å²) in [6.07, 6.45) is 4.46. The average Bonchev–Trinajstić information content (AvgIpc) is 3.26. The minimum Gasteiger partial charge on any atom is -0.368 e. The fourth-order valence-electron chi connectivity index (χ4n) is 4.31. The standard InChI is InChI=1S/C24H29N3O2/c1-18-6-4-11-22(16-18)26-12-14-27(15-13-26)24(29)20-8-5-7-19(17-20)23(28)25-21-9-2-3-10-21/h4-8,11,16-17,21H,2-3,9-10,12-15H2,1H3,(H,25,28). The Kier molecular flexibility index (Phi) is 5.84. The molecular formula is C24H29N3O2. The predicted octanol–water partition coefficient (Wildman–Crippen LogP) is 3.63. The zero-order chi connectivity index (χ0) is 20.2. The van der Waals surface area contributed by atoms with E-state index in [-0.39, 0.29) is 17.9 Å². The second-order valence-electron chi connectivity index (χ2n) is 8.15. The van der Waals surface area contributed by atoms with Crippen LogP contribution in [0.4, 0.5) is 5.69 Å². The Morgan fingerprint density at radius 3 is 2.31 bits per heavy atom. The minimum absolute atomic E-state index is 0.00408. The van der Waals surface area contributed by atoms with Crippen molar-refractivity contribution in [3.05, 3.63) is 65.2 Å². The zero-order valence-electron chi connectivity index (χ0n) is 17.1. The third-order valence-corrected chi connectivity index (χ3v) is 6.00. The van der Waals surface area contributed by atoms with Crippen molar-refractivity contribution < 1.29 is 9.59 Å². The van der Waals surface area contributed by atoms with Gasteiger partial charge in [0.1, 0.15) is 0 Å². The largest absolute Gasteiger partial charge is 0.368 e. The second-order valence-corrected chi connectivity index (χ2v) is 8.15. The average molecular weight is 392 g/mol. The molecule has 2 aliphatic rings. The summed E-state index contributed by atoms with van der Waals surface area (Å²) in [6.45, 7) is 5.10. The highest BCUT2D eigenvalue weighted by molar-refractivity contribution is 5.99. The molecule has 0 unspecified atom stereocenters. The molecule has 2 aromatic rings. The van der Waals surface area contributed by atoms with Gasteiger partial charge in [-0.3, -0.25) is 9.59 Å². The Morgan fingerprint density at radius 2 is 1.59 bits per heavy atom. The molecule has 5 nitrogen and oxygen atoms in total. The van der Waals surface area contributed by atoms with Crippen molar-refractivity contribution in [1.29, 1.82) is 0 Å². The maximum Gasteiger partial charge on any atom is 0.253 e. The summed E-state index contributed by atoms with van der Waals surface area (Å²) in [6, 6.07) is 15.9. The Labute approximate surface area is 172 Å². The number of carbonyl (C=O) groups is 2. The van der Waals surface area contributed by atoms with Crippen LogP contribution in [0.3, 0.4) is 0 Å². The van der Waals surface area contributed by atoms with Gasteiger partial charge in [-0.2, -0.15) is 0 Å². The predicted molar refractivity (Wildman–Crippen MR) is 115 cm³/mol. The first-order chi connectivity index (χ1) is 14.1. The molecule has 0 radical (unpaired) electrons. The van der Waals surface area contributed by atoms with Gasteiger partial charge in [-0.15, -0.1) is 0 Å². The van der Waals surface area contributed by atoms with Crippen LogP contribution in [0.25, 0.3) is 0 Å². The number of hydrogen-bond donors (Lipinski definition) is 1. The van der Waals surface area contributed by atoms with Gasteiger partial charge in [0, 0.05) is 49.0 Å². The molecule has 2 fully saturated rings. The molecule has 1 aliphatic heterocycles. The molecule has 0 bridgehead atoms. The summed E-state index contributed by atoms with van der Waals surface area (Å²) in [7, 11) is 0. The number of anilines is 1. The molecule has 0 spiro atoms. The van der Waals surface area contributed by atoms with E-state index in [2.05, 4.69) is 41.4 Å². The van der Waals surface area contributed by atoms with Gasteiger partial charge in [0.25, 0.3) is 11.8 Å². The molecule has 0 atom stereocenters. The van der Waals surface area contributed by atoms with Crippen LogP contribution in [-0.4, -0.2) is 48.9 Å². The third-order valence-electron chi connectivity index (χ3n) is 6.00. The number of hydrogen-bond acceptors (Lipinski definition) is 3. The van der Waals surface area contributed by atoms with Crippen LogP contribution in [0.2, 0.25) is 0 Å². The third kappa shape index (κ3) is 4.61. The lowest BCUT2D eigenvalue weighted by Crippen LogP contribution is -2.48. The second kappa shape index (κ2) is 8.68. The number of piperazine rings is 1. The van der Waals surface area contributed by atoms with Gasteiger partial charge in [0.15, 0.2) is 0 Å². The molecule has 152 valence electrons. The van der Waals surface area contributed by atoms with Gasteiger partial charge < -0.3 is 15.1 Å². The van der Waals surface area contributed by atoms with E-state index < -0.39 is 0 Å². The highest BCUT2D eigenvalue weighted by atomic mass is 16.2. The van der Waals surface area contributed by atoms with Gasteiger partial charge >= 0.3 is 0 Å². The fourth-order valence-corrected chi connectivity index (χ4v) is 4.31.